The minimum atomic E-state index is -0.827. The molecule has 2 unspecified atom stereocenters. The first kappa shape index (κ1) is 18.3. The molecular weight excluding hydrogens is 510 g/mol. The number of nitrogens with zero attached hydrogens (tertiary/aromatic N) is 1. The van der Waals surface area contributed by atoms with Crippen molar-refractivity contribution in [2.75, 3.05) is 4.90 Å². The van der Waals surface area contributed by atoms with Gasteiger partial charge < -0.3 is 5.11 Å². The van der Waals surface area contributed by atoms with Gasteiger partial charge in [0.05, 0.1) is 26.2 Å². The van der Waals surface area contributed by atoms with Crippen molar-refractivity contribution in [2.24, 2.45) is 11.8 Å². The van der Waals surface area contributed by atoms with E-state index in [-0.39, 0.29) is 23.3 Å². The first-order valence-electron chi connectivity index (χ1n) is 9.65. The van der Waals surface area contributed by atoms with Crippen LogP contribution in [-0.4, -0.2) is 16.9 Å². The fourth-order valence-corrected chi connectivity index (χ4v) is 7.86. The molecule has 1 fully saturated rings. The summed E-state index contributed by atoms with van der Waals surface area (Å²) in [6, 6.07) is 22.4. The maximum atomic E-state index is 13.8. The monoisotopic (exact) mass is 523 g/mol. The van der Waals surface area contributed by atoms with Gasteiger partial charge in [0, 0.05) is 0 Å². The van der Waals surface area contributed by atoms with Crippen molar-refractivity contribution >= 4 is 49.4 Å². The Morgan fingerprint density at radius 2 is 1.03 bits per heavy atom. The van der Waals surface area contributed by atoms with Gasteiger partial charge in [0.25, 0.3) is 0 Å². The molecule has 1 aliphatic heterocycles. The number of rotatable bonds is 1. The topological polar surface area (TPSA) is 57.6 Å². The van der Waals surface area contributed by atoms with E-state index >= 15 is 0 Å². The van der Waals surface area contributed by atoms with Crippen LogP contribution < -0.4 is 4.90 Å². The number of carbonyl (C=O) groups excluding carboxylic acids is 2. The number of aromatic hydroxyl groups is 1. The molecule has 1 N–H and O–H groups in total. The van der Waals surface area contributed by atoms with Gasteiger partial charge in [-0.15, -0.1) is 0 Å². The number of phenolic OH excluding ortho intramolecular Hbond substituents is 1. The maximum absolute atomic E-state index is 13.8. The lowest BCUT2D eigenvalue weighted by molar-refractivity contribution is -0.122. The van der Waals surface area contributed by atoms with Crippen molar-refractivity contribution in [1.82, 2.24) is 0 Å². The average molecular weight is 525 g/mol. The van der Waals surface area contributed by atoms with E-state index in [4.69, 9.17) is 0 Å². The van der Waals surface area contributed by atoms with Crippen molar-refractivity contribution in [1.29, 1.82) is 0 Å². The van der Waals surface area contributed by atoms with Gasteiger partial charge in [-0.2, -0.15) is 0 Å². The lowest BCUT2D eigenvalue weighted by Crippen LogP contribution is -2.56. The van der Waals surface area contributed by atoms with Gasteiger partial charge in [0.1, 0.15) is 5.75 Å². The van der Waals surface area contributed by atoms with Gasteiger partial charge in [-0.3, -0.25) is 9.59 Å². The minimum Gasteiger partial charge on any atom is -0.506 e. The highest BCUT2D eigenvalue weighted by Gasteiger charge is 2.72. The predicted octanol–water partition coefficient (Wildman–Crippen LogP) is 4.80. The van der Waals surface area contributed by atoms with E-state index < -0.39 is 20.5 Å². The second kappa shape index (κ2) is 5.83. The summed E-state index contributed by atoms with van der Waals surface area (Å²) in [5.74, 6) is -2.00. The summed E-state index contributed by atoms with van der Waals surface area (Å²) in [7, 11) is 0. The molecule has 2 bridgehead atoms. The number of phenols is 1. The minimum absolute atomic E-state index is 0.0903. The highest BCUT2D eigenvalue weighted by atomic mass is 79.9. The van der Waals surface area contributed by atoms with E-state index in [9.17, 15) is 14.7 Å². The Morgan fingerprint density at radius 3 is 1.43 bits per heavy atom. The number of hydrogen-bond acceptors (Lipinski definition) is 3. The van der Waals surface area contributed by atoms with Crippen LogP contribution in [0, 0.1) is 11.8 Å². The van der Waals surface area contributed by atoms with Crippen LogP contribution in [0.2, 0.25) is 0 Å². The third-order valence-corrected chi connectivity index (χ3v) is 9.40. The van der Waals surface area contributed by atoms with Crippen LogP contribution >= 0.6 is 31.9 Å². The Kier molecular flexibility index (Phi) is 3.56. The number of alkyl halides is 2. The zero-order valence-electron chi connectivity index (χ0n) is 15.5. The largest absolute Gasteiger partial charge is 0.506 e. The highest BCUT2D eigenvalue weighted by molar-refractivity contribution is 9.10. The van der Waals surface area contributed by atoms with Crippen LogP contribution in [0.1, 0.15) is 22.3 Å². The molecule has 7 rings (SSSR count). The Balaban J connectivity index is 1.68. The van der Waals surface area contributed by atoms with Gasteiger partial charge in [-0.25, -0.2) is 4.90 Å². The number of halogens is 2. The number of anilines is 1. The lowest BCUT2D eigenvalue weighted by Gasteiger charge is -2.55. The Labute approximate surface area is 189 Å². The van der Waals surface area contributed by atoms with Gasteiger partial charge in [-0.05, 0) is 34.4 Å². The molecule has 0 spiro atoms. The summed E-state index contributed by atoms with van der Waals surface area (Å²) >= 11 is 7.93. The maximum Gasteiger partial charge on any atom is 0.240 e. The number of hydrogen-bond donors (Lipinski definition) is 1. The molecule has 2 atom stereocenters. The summed E-state index contributed by atoms with van der Waals surface area (Å²) in [5, 5.41) is 10.4. The zero-order chi connectivity index (χ0) is 20.8. The molecule has 3 aliphatic carbocycles. The fourth-order valence-electron chi connectivity index (χ4n) is 5.56. The Hall–Kier alpha value is -2.44. The molecule has 4 aliphatic rings. The summed E-state index contributed by atoms with van der Waals surface area (Å²) in [5.41, 5.74) is 4.18. The average Bonchev–Trinajstić information content (AvgIpc) is 3.04. The Bertz CT molecular complexity index is 1150. The molecule has 1 saturated heterocycles. The summed E-state index contributed by atoms with van der Waals surface area (Å²) in [6.45, 7) is 0. The van der Waals surface area contributed by atoms with E-state index in [1.165, 1.54) is 6.07 Å². The quantitative estimate of drug-likeness (QED) is 0.367. The van der Waals surface area contributed by atoms with Crippen molar-refractivity contribution in [3.05, 3.63) is 95.1 Å². The number of benzene rings is 3. The van der Waals surface area contributed by atoms with Crippen molar-refractivity contribution < 1.29 is 14.7 Å². The van der Waals surface area contributed by atoms with Crippen LogP contribution in [0.4, 0.5) is 5.69 Å². The molecule has 3 aromatic rings. The van der Waals surface area contributed by atoms with Crippen molar-refractivity contribution in [2.45, 2.75) is 8.65 Å². The van der Waals surface area contributed by atoms with E-state index in [1.807, 2.05) is 48.5 Å². The second-order valence-electron chi connectivity index (χ2n) is 7.97. The number of para-hydroxylation sites is 2. The van der Waals surface area contributed by atoms with Crippen molar-refractivity contribution in [3.63, 3.8) is 0 Å². The number of amides is 2. The standard InChI is InChI=1S/C24H15Br2NO3/c25-23-13-7-1-2-8-14(13)24(26,16-10-4-3-9-15(16)23)20-19(23)21(29)27(22(20)30)17-11-5-6-12-18(17)28/h1-12,19-20,28H. The van der Waals surface area contributed by atoms with Crippen LogP contribution in [0.15, 0.2) is 72.8 Å². The molecule has 0 aromatic heterocycles. The molecular formula is C24H15Br2NO3. The van der Waals surface area contributed by atoms with Crippen LogP contribution in [0.5, 0.6) is 5.75 Å². The summed E-state index contributed by atoms with van der Waals surface area (Å²) in [4.78, 5) is 28.8. The molecule has 0 radical (unpaired) electrons. The number of imide groups is 1. The molecule has 4 nitrogen and oxygen atoms in total. The Morgan fingerprint density at radius 1 is 0.667 bits per heavy atom. The molecule has 148 valence electrons. The first-order chi connectivity index (χ1) is 14.4. The third-order valence-electron chi connectivity index (χ3n) is 6.71. The second-order valence-corrected chi connectivity index (χ2v) is 10.5. The molecule has 6 heteroatoms. The summed E-state index contributed by atoms with van der Waals surface area (Å²) < 4.78 is -1.65. The highest BCUT2D eigenvalue weighted by Crippen LogP contribution is 2.71. The zero-order valence-corrected chi connectivity index (χ0v) is 18.7. The first-order valence-corrected chi connectivity index (χ1v) is 11.2. The molecule has 0 saturated carbocycles. The molecule has 30 heavy (non-hydrogen) atoms. The normalized spacial score (nSPS) is 30.8. The fraction of sp³-hybridized carbons (Fsp3) is 0.167. The molecule has 3 aromatic carbocycles. The summed E-state index contributed by atoms with van der Waals surface area (Å²) in [6.07, 6.45) is 0. The SMILES string of the molecule is O=C1C2C(C(=O)N1c1ccccc1O)C1(Br)c3ccccc3C2(Br)c2ccccc21. The smallest absolute Gasteiger partial charge is 0.240 e. The van der Waals surface area contributed by atoms with Crippen molar-refractivity contribution in [3.8, 4) is 5.75 Å². The molecule has 2 amide bonds. The lowest BCUT2D eigenvalue weighted by atomic mass is 9.54. The van der Waals surface area contributed by atoms with Gasteiger partial charge in [-0.1, -0.05) is 92.5 Å². The van der Waals surface area contributed by atoms with Gasteiger partial charge in [0.15, 0.2) is 0 Å². The van der Waals surface area contributed by atoms with Gasteiger partial charge >= 0.3 is 0 Å². The third kappa shape index (κ3) is 1.88. The van der Waals surface area contributed by atoms with E-state index in [1.54, 1.807) is 18.2 Å². The van der Waals surface area contributed by atoms with Crippen LogP contribution in [0.25, 0.3) is 0 Å². The van der Waals surface area contributed by atoms with E-state index in [2.05, 4.69) is 31.9 Å². The van der Waals surface area contributed by atoms with Crippen LogP contribution in [0.3, 0.4) is 0 Å². The van der Waals surface area contributed by atoms with E-state index in [0.717, 1.165) is 27.2 Å². The molecule has 1 heterocycles. The van der Waals surface area contributed by atoms with E-state index in [0.29, 0.717) is 0 Å². The predicted molar refractivity (Wildman–Crippen MR) is 120 cm³/mol. The van der Waals surface area contributed by atoms with Crippen LogP contribution in [-0.2, 0) is 18.2 Å². The number of carbonyl (C=O) groups is 2. The van der Waals surface area contributed by atoms with Gasteiger partial charge in [0.2, 0.25) is 11.8 Å².